The summed E-state index contributed by atoms with van der Waals surface area (Å²) in [5, 5.41) is 0. The lowest BCUT2D eigenvalue weighted by Gasteiger charge is -2.13. The summed E-state index contributed by atoms with van der Waals surface area (Å²) in [6.07, 6.45) is 4.91. The molecule has 7 nitrogen and oxygen atoms in total. The summed E-state index contributed by atoms with van der Waals surface area (Å²) in [4.78, 5) is 29.6. The van der Waals surface area contributed by atoms with E-state index in [0.717, 1.165) is 5.56 Å². The van der Waals surface area contributed by atoms with E-state index < -0.39 is 5.97 Å². The zero-order valence-corrected chi connectivity index (χ0v) is 17.2. The van der Waals surface area contributed by atoms with Crippen LogP contribution in [0.5, 0.6) is 23.0 Å². The molecule has 3 aromatic rings. The molecular weight excluding hydrogens is 398 g/mol. The van der Waals surface area contributed by atoms with E-state index in [2.05, 4.69) is 4.98 Å². The van der Waals surface area contributed by atoms with E-state index in [1.807, 2.05) is 0 Å². The van der Waals surface area contributed by atoms with E-state index in [1.54, 1.807) is 61.8 Å². The molecule has 4 rings (SSSR count). The molecule has 0 spiro atoms. The molecule has 0 bridgehead atoms. The number of hydrogen-bond acceptors (Lipinski definition) is 7. The van der Waals surface area contributed by atoms with Crippen LogP contribution >= 0.6 is 0 Å². The predicted molar refractivity (Wildman–Crippen MR) is 113 cm³/mol. The van der Waals surface area contributed by atoms with Crippen molar-refractivity contribution in [3.8, 4) is 23.0 Å². The maximum absolute atomic E-state index is 12.8. The number of nitrogens with zero attached hydrogens (tertiary/aromatic N) is 1. The van der Waals surface area contributed by atoms with Gasteiger partial charge in [-0.05, 0) is 54.5 Å². The van der Waals surface area contributed by atoms with Crippen LogP contribution in [-0.2, 0) is 0 Å². The molecular formula is C24H19NO6. The van der Waals surface area contributed by atoms with Crippen molar-refractivity contribution in [3.63, 3.8) is 0 Å². The number of aromatic nitrogens is 1. The van der Waals surface area contributed by atoms with E-state index in [0.29, 0.717) is 28.4 Å². The van der Waals surface area contributed by atoms with E-state index in [9.17, 15) is 9.59 Å². The number of allylic oxidation sites excluding steroid dienone is 1. The Morgan fingerprint density at radius 2 is 1.71 bits per heavy atom. The highest BCUT2D eigenvalue weighted by Gasteiger charge is 2.30. The van der Waals surface area contributed by atoms with Gasteiger partial charge in [0.25, 0.3) is 0 Å². The van der Waals surface area contributed by atoms with Crippen molar-refractivity contribution in [1.82, 2.24) is 4.98 Å². The highest BCUT2D eigenvalue weighted by atomic mass is 16.5. The second-order valence-corrected chi connectivity index (χ2v) is 6.76. The molecule has 0 saturated carbocycles. The highest BCUT2D eigenvalue weighted by molar-refractivity contribution is 6.15. The predicted octanol–water partition coefficient (Wildman–Crippen LogP) is 4.24. The minimum atomic E-state index is -0.648. The molecule has 0 atom stereocenters. The van der Waals surface area contributed by atoms with Gasteiger partial charge in [-0.15, -0.1) is 0 Å². The van der Waals surface area contributed by atoms with Crippen LogP contribution in [0.15, 0.2) is 60.6 Å². The zero-order chi connectivity index (χ0) is 22.0. The van der Waals surface area contributed by atoms with E-state index in [4.69, 9.17) is 18.9 Å². The van der Waals surface area contributed by atoms with Crippen molar-refractivity contribution in [2.24, 2.45) is 0 Å². The average Bonchev–Trinajstić information content (AvgIpc) is 3.09. The summed E-state index contributed by atoms with van der Waals surface area (Å²) in [5.41, 5.74) is 2.03. The maximum Gasteiger partial charge on any atom is 0.351 e. The molecule has 1 aromatic heterocycles. The lowest BCUT2D eigenvalue weighted by atomic mass is 10.0. The number of ketones is 1. The fraction of sp³-hybridized carbons (Fsp3) is 0.125. The number of carbonyl (C=O) groups is 2. The number of rotatable bonds is 5. The van der Waals surface area contributed by atoms with Crippen LogP contribution in [0.1, 0.15) is 31.8 Å². The first kappa shape index (κ1) is 20.2. The summed E-state index contributed by atoms with van der Waals surface area (Å²) in [6.45, 7) is 1.76. The van der Waals surface area contributed by atoms with Crippen LogP contribution in [0.3, 0.4) is 0 Å². The number of benzene rings is 2. The van der Waals surface area contributed by atoms with Crippen LogP contribution in [0, 0.1) is 6.92 Å². The van der Waals surface area contributed by atoms with Gasteiger partial charge in [-0.1, -0.05) is 6.07 Å². The summed E-state index contributed by atoms with van der Waals surface area (Å²) in [5.74, 6) is 0.554. The van der Waals surface area contributed by atoms with Crippen LogP contribution in [0.25, 0.3) is 6.08 Å². The number of aryl methyl sites for hydroxylation is 1. The third-order valence-electron chi connectivity index (χ3n) is 4.79. The number of pyridine rings is 1. The molecule has 0 radical (unpaired) electrons. The SMILES string of the molecule is COc1cccc(OC)c1C(=O)Oc1cc(C)c2c(c1)OC(=Cc1ccncc1)C2=O. The topological polar surface area (TPSA) is 84.0 Å². The average molecular weight is 417 g/mol. The highest BCUT2D eigenvalue weighted by Crippen LogP contribution is 2.38. The first-order valence-electron chi connectivity index (χ1n) is 9.44. The van der Waals surface area contributed by atoms with Gasteiger partial charge in [-0.25, -0.2) is 4.79 Å². The summed E-state index contributed by atoms with van der Waals surface area (Å²) >= 11 is 0. The summed E-state index contributed by atoms with van der Waals surface area (Å²) in [7, 11) is 2.92. The molecule has 0 fully saturated rings. The minimum Gasteiger partial charge on any atom is -0.496 e. The quantitative estimate of drug-likeness (QED) is 0.349. The fourth-order valence-corrected chi connectivity index (χ4v) is 3.36. The monoisotopic (exact) mass is 417 g/mol. The normalized spacial score (nSPS) is 13.5. The first-order valence-corrected chi connectivity index (χ1v) is 9.44. The minimum absolute atomic E-state index is 0.168. The molecule has 156 valence electrons. The Balaban J connectivity index is 1.64. The Labute approximate surface area is 178 Å². The first-order chi connectivity index (χ1) is 15.0. The lowest BCUT2D eigenvalue weighted by Crippen LogP contribution is -2.12. The van der Waals surface area contributed by atoms with E-state index in [-0.39, 0.29) is 22.9 Å². The van der Waals surface area contributed by atoms with Gasteiger partial charge >= 0.3 is 5.97 Å². The third kappa shape index (κ3) is 3.85. The Morgan fingerprint density at radius 1 is 1.03 bits per heavy atom. The van der Waals surface area contributed by atoms with Crippen LogP contribution in [0.4, 0.5) is 0 Å². The van der Waals surface area contributed by atoms with Gasteiger partial charge < -0.3 is 18.9 Å². The van der Waals surface area contributed by atoms with Gasteiger partial charge in [-0.2, -0.15) is 0 Å². The van der Waals surface area contributed by atoms with Crippen molar-refractivity contribution in [2.45, 2.75) is 6.92 Å². The number of methoxy groups -OCH3 is 2. The molecule has 2 aromatic carbocycles. The van der Waals surface area contributed by atoms with Crippen LogP contribution in [0.2, 0.25) is 0 Å². The molecule has 0 unspecified atom stereocenters. The molecule has 7 heteroatoms. The Kier molecular flexibility index (Phi) is 5.41. The van der Waals surface area contributed by atoms with Gasteiger partial charge in [0.05, 0.1) is 19.8 Å². The number of fused-ring (bicyclic) bond motifs is 1. The Bertz CT molecular complexity index is 1180. The van der Waals surface area contributed by atoms with Crippen LogP contribution in [-0.4, -0.2) is 31.0 Å². The number of Topliss-reactive ketones (excluding diaryl/α,β-unsaturated/α-hetero) is 1. The number of ether oxygens (including phenoxy) is 4. The van der Waals surface area contributed by atoms with E-state index >= 15 is 0 Å². The van der Waals surface area contributed by atoms with Crippen molar-refractivity contribution >= 4 is 17.8 Å². The fourth-order valence-electron chi connectivity index (χ4n) is 3.36. The Hall–Kier alpha value is -4.13. The summed E-state index contributed by atoms with van der Waals surface area (Å²) in [6, 6.07) is 11.7. The van der Waals surface area contributed by atoms with Gasteiger partial charge in [0.2, 0.25) is 5.78 Å². The summed E-state index contributed by atoms with van der Waals surface area (Å²) < 4.78 is 21.9. The standard InChI is InChI=1S/C24H19NO6/c1-14-11-16(30-24(27)22-17(28-2)5-4-6-18(22)29-3)13-19-21(14)23(26)20(31-19)12-15-7-9-25-10-8-15/h4-13H,1-3H3. The van der Waals surface area contributed by atoms with E-state index in [1.165, 1.54) is 20.3 Å². The second kappa shape index (κ2) is 8.31. The van der Waals surface area contributed by atoms with Crippen molar-refractivity contribution in [1.29, 1.82) is 0 Å². The Morgan fingerprint density at radius 3 is 2.35 bits per heavy atom. The molecule has 1 aliphatic heterocycles. The smallest absolute Gasteiger partial charge is 0.351 e. The van der Waals surface area contributed by atoms with Crippen molar-refractivity contribution in [2.75, 3.05) is 14.2 Å². The molecule has 0 saturated heterocycles. The van der Waals surface area contributed by atoms with Crippen molar-refractivity contribution in [3.05, 3.63) is 82.9 Å². The largest absolute Gasteiger partial charge is 0.496 e. The van der Waals surface area contributed by atoms with Crippen LogP contribution < -0.4 is 18.9 Å². The third-order valence-corrected chi connectivity index (χ3v) is 4.79. The van der Waals surface area contributed by atoms with Gasteiger partial charge in [0, 0.05) is 18.5 Å². The van der Waals surface area contributed by atoms with Gasteiger partial charge in [-0.3, -0.25) is 9.78 Å². The van der Waals surface area contributed by atoms with Crippen molar-refractivity contribution < 1.29 is 28.5 Å². The second-order valence-electron chi connectivity index (χ2n) is 6.76. The molecule has 2 heterocycles. The number of carbonyl (C=O) groups excluding carboxylic acids is 2. The molecule has 0 amide bonds. The molecule has 0 N–H and O–H groups in total. The van der Waals surface area contributed by atoms with Gasteiger partial charge in [0.15, 0.2) is 5.76 Å². The maximum atomic E-state index is 12.8. The molecule has 31 heavy (non-hydrogen) atoms. The lowest BCUT2D eigenvalue weighted by molar-refractivity contribution is 0.0727. The number of hydrogen-bond donors (Lipinski definition) is 0. The number of esters is 1. The van der Waals surface area contributed by atoms with Gasteiger partial charge in [0.1, 0.15) is 28.6 Å². The molecule has 1 aliphatic rings. The zero-order valence-electron chi connectivity index (χ0n) is 17.2. The molecule has 0 aliphatic carbocycles.